The summed E-state index contributed by atoms with van der Waals surface area (Å²) in [5.74, 6) is 0.318. The van der Waals surface area contributed by atoms with E-state index in [0.717, 1.165) is 25.7 Å². The van der Waals surface area contributed by atoms with Gasteiger partial charge in [-0.05, 0) is 77.9 Å². The standard InChI is InChI=1S/C32H52O6/c1-17(2)20-13-22(35)26-31(8)10-9-19-25(30(31,7)11-12-32(20,26)16-38-18(3)33)21(34)14-24-28(4,5)27(37)23(36)15-29(19,24)6/h9,17,20-27,34-37H,10-16H2,1-8H3/t20-,21-,22?,23+,24?,25-,26?,27-,29+,30-,31+,32+/m0/s1. The van der Waals surface area contributed by atoms with Crippen molar-refractivity contribution < 1.29 is 30.0 Å². The van der Waals surface area contributed by atoms with Gasteiger partial charge in [0.25, 0.3) is 0 Å². The van der Waals surface area contributed by atoms with E-state index in [1.165, 1.54) is 12.5 Å². The number of carbonyl (C=O) groups excluding carboxylic acids is 1. The number of fused-ring (bicyclic) bond motifs is 7. The minimum Gasteiger partial charge on any atom is -0.465 e. The molecule has 4 saturated carbocycles. The molecule has 38 heavy (non-hydrogen) atoms. The molecule has 4 N–H and O–H groups in total. The molecule has 6 heteroatoms. The maximum Gasteiger partial charge on any atom is 0.302 e. The summed E-state index contributed by atoms with van der Waals surface area (Å²) < 4.78 is 5.77. The second-order valence-electron chi connectivity index (χ2n) is 15.6. The van der Waals surface area contributed by atoms with Crippen LogP contribution in [0.1, 0.15) is 93.9 Å². The zero-order chi connectivity index (χ0) is 28.2. The first-order valence-corrected chi connectivity index (χ1v) is 15.0. The molecule has 6 nitrogen and oxygen atoms in total. The zero-order valence-corrected chi connectivity index (χ0v) is 24.8. The average molecular weight is 533 g/mol. The number of hydrogen-bond acceptors (Lipinski definition) is 6. The molecular weight excluding hydrogens is 480 g/mol. The van der Waals surface area contributed by atoms with Gasteiger partial charge in [0.15, 0.2) is 0 Å². The van der Waals surface area contributed by atoms with Crippen LogP contribution in [0, 0.1) is 56.7 Å². The van der Waals surface area contributed by atoms with Gasteiger partial charge in [0, 0.05) is 24.2 Å². The van der Waals surface area contributed by atoms with E-state index in [1.807, 2.05) is 13.8 Å². The van der Waals surface area contributed by atoms with Crippen LogP contribution in [0.15, 0.2) is 11.6 Å². The maximum absolute atomic E-state index is 12.0. The highest BCUT2D eigenvalue weighted by atomic mass is 16.5. The number of rotatable bonds is 3. The van der Waals surface area contributed by atoms with Crippen molar-refractivity contribution >= 4 is 5.97 Å². The van der Waals surface area contributed by atoms with Crippen LogP contribution in [-0.2, 0) is 9.53 Å². The molecule has 0 amide bonds. The topological polar surface area (TPSA) is 107 Å². The van der Waals surface area contributed by atoms with Crippen molar-refractivity contribution in [2.45, 2.75) is 118 Å². The smallest absolute Gasteiger partial charge is 0.302 e. The molecule has 12 atom stereocenters. The maximum atomic E-state index is 12.0. The summed E-state index contributed by atoms with van der Waals surface area (Å²) >= 11 is 0. The molecule has 5 aliphatic carbocycles. The summed E-state index contributed by atoms with van der Waals surface area (Å²) in [5, 5.41) is 45.6. The second-order valence-corrected chi connectivity index (χ2v) is 15.6. The summed E-state index contributed by atoms with van der Waals surface area (Å²) in [7, 11) is 0. The van der Waals surface area contributed by atoms with E-state index in [9.17, 15) is 25.2 Å². The third-order valence-corrected chi connectivity index (χ3v) is 13.4. The van der Waals surface area contributed by atoms with E-state index < -0.39 is 29.8 Å². The van der Waals surface area contributed by atoms with Crippen LogP contribution >= 0.6 is 0 Å². The van der Waals surface area contributed by atoms with E-state index in [4.69, 9.17) is 4.74 Å². The molecule has 0 aliphatic heterocycles. The summed E-state index contributed by atoms with van der Waals surface area (Å²) in [6, 6.07) is 0. The molecule has 5 aliphatic rings. The molecule has 0 radical (unpaired) electrons. The molecular formula is C32H52O6. The molecule has 5 rings (SSSR count). The van der Waals surface area contributed by atoms with Gasteiger partial charge in [-0.25, -0.2) is 0 Å². The largest absolute Gasteiger partial charge is 0.465 e. The lowest BCUT2D eigenvalue weighted by molar-refractivity contribution is -0.223. The van der Waals surface area contributed by atoms with Crippen molar-refractivity contribution in [2.24, 2.45) is 56.7 Å². The van der Waals surface area contributed by atoms with Crippen LogP contribution < -0.4 is 0 Å². The number of allylic oxidation sites excluding steroid dienone is 1. The van der Waals surface area contributed by atoms with E-state index in [2.05, 4.69) is 40.7 Å². The van der Waals surface area contributed by atoms with Gasteiger partial charge in [0.2, 0.25) is 0 Å². The fourth-order valence-electron chi connectivity index (χ4n) is 11.6. The molecule has 0 bridgehead atoms. The fourth-order valence-corrected chi connectivity index (χ4v) is 11.6. The van der Waals surface area contributed by atoms with Gasteiger partial charge in [-0.2, -0.15) is 0 Å². The van der Waals surface area contributed by atoms with Gasteiger partial charge in [0.1, 0.15) is 0 Å². The number of carbonyl (C=O) groups is 1. The van der Waals surface area contributed by atoms with Crippen molar-refractivity contribution in [3.8, 4) is 0 Å². The Hall–Kier alpha value is -0.950. The summed E-state index contributed by atoms with van der Waals surface area (Å²) in [5.41, 5.74) is -0.392. The Morgan fingerprint density at radius 3 is 2.24 bits per heavy atom. The first-order chi connectivity index (χ1) is 17.5. The number of hydrogen-bond donors (Lipinski definition) is 4. The number of ether oxygens (including phenoxy) is 1. The first-order valence-electron chi connectivity index (χ1n) is 15.0. The van der Waals surface area contributed by atoms with Crippen molar-refractivity contribution in [1.82, 2.24) is 0 Å². The molecule has 216 valence electrons. The summed E-state index contributed by atoms with van der Waals surface area (Å²) in [6.07, 6.45) is 4.07. The Bertz CT molecular complexity index is 1000. The lowest BCUT2D eigenvalue weighted by Crippen LogP contribution is -2.68. The molecule has 0 saturated heterocycles. The van der Waals surface area contributed by atoms with Crippen LogP contribution in [-0.4, -0.2) is 57.4 Å². The predicted octanol–water partition coefficient (Wildman–Crippen LogP) is 4.48. The molecule has 0 aromatic rings. The van der Waals surface area contributed by atoms with Crippen molar-refractivity contribution in [1.29, 1.82) is 0 Å². The third-order valence-electron chi connectivity index (χ3n) is 13.4. The highest BCUT2D eigenvalue weighted by Gasteiger charge is 2.73. The third kappa shape index (κ3) is 3.48. The first kappa shape index (κ1) is 28.6. The molecule has 0 heterocycles. The molecule has 3 unspecified atom stereocenters. The van der Waals surface area contributed by atoms with Crippen LogP contribution in [0.3, 0.4) is 0 Å². The molecule has 0 spiro atoms. The Morgan fingerprint density at radius 2 is 1.63 bits per heavy atom. The van der Waals surface area contributed by atoms with Crippen LogP contribution in [0.4, 0.5) is 0 Å². The minimum atomic E-state index is -0.812. The number of aliphatic hydroxyl groups excluding tert-OH is 4. The van der Waals surface area contributed by atoms with Gasteiger partial charge in [0.05, 0.1) is 31.0 Å². The van der Waals surface area contributed by atoms with Gasteiger partial charge in [-0.15, -0.1) is 0 Å². The summed E-state index contributed by atoms with van der Waals surface area (Å²) in [4.78, 5) is 12.0. The Labute approximate surface area is 229 Å². The minimum absolute atomic E-state index is 0.0359. The van der Waals surface area contributed by atoms with E-state index in [0.29, 0.717) is 25.4 Å². The molecule has 0 aromatic carbocycles. The average Bonchev–Trinajstić information content (AvgIpc) is 3.12. The van der Waals surface area contributed by atoms with E-state index in [-0.39, 0.29) is 51.3 Å². The quantitative estimate of drug-likeness (QED) is 0.315. The predicted molar refractivity (Wildman–Crippen MR) is 146 cm³/mol. The van der Waals surface area contributed by atoms with Crippen molar-refractivity contribution in [3.63, 3.8) is 0 Å². The summed E-state index contributed by atoms with van der Waals surface area (Å²) in [6.45, 7) is 17.2. The van der Waals surface area contributed by atoms with Crippen molar-refractivity contribution in [2.75, 3.05) is 6.61 Å². The van der Waals surface area contributed by atoms with E-state index >= 15 is 0 Å². The van der Waals surface area contributed by atoms with Crippen LogP contribution in [0.2, 0.25) is 0 Å². The van der Waals surface area contributed by atoms with E-state index in [1.54, 1.807) is 0 Å². The lowest BCUT2D eigenvalue weighted by atomic mass is 9.35. The normalized spacial score (nSPS) is 53.3. The monoisotopic (exact) mass is 532 g/mol. The van der Waals surface area contributed by atoms with Gasteiger partial charge < -0.3 is 25.2 Å². The number of esters is 1. The Kier molecular flexibility index (Phi) is 6.60. The number of aliphatic hydroxyl groups is 4. The second kappa shape index (κ2) is 8.77. The van der Waals surface area contributed by atoms with Crippen molar-refractivity contribution in [3.05, 3.63) is 11.6 Å². The van der Waals surface area contributed by atoms with Crippen LogP contribution in [0.25, 0.3) is 0 Å². The zero-order valence-electron chi connectivity index (χ0n) is 24.8. The van der Waals surface area contributed by atoms with Gasteiger partial charge in [-0.1, -0.05) is 60.1 Å². The van der Waals surface area contributed by atoms with Crippen LogP contribution in [0.5, 0.6) is 0 Å². The molecule has 4 fully saturated rings. The SMILES string of the molecule is CC(=O)OC[C@@]12CC[C@@]3(C)[C@H]4C(=CC[C@]3(C)C1C(O)C[C@H]2C(C)C)[C@@]1(C)C[C@@H](O)[C@H](O)C(C)(C)C1C[C@@H]4O. The Morgan fingerprint density at radius 1 is 0.974 bits per heavy atom. The lowest BCUT2D eigenvalue weighted by Gasteiger charge is -2.70. The Balaban J connectivity index is 1.62. The van der Waals surface area contributed by atoms with Gasteiger partial charge in [-0.3, -0.25) is 4.79 Å². The van der Waals surface area contributed by atoms with Gasteiger partial charge >= 0.3 is 5.97 Å². The highest BCUT2D eigenvalue weighted by molar-refractivity contribution is 5.66. The molecule has 0 aromatic heterocycles. The highest BCUT2D eigenvalue weighted by Crippen LogP contribution is 2.76. The fraction of sp³-hybridized carbons (Fsp3) is 0.906.